The van der Waals surface area contributed by atoms with Gasteiger partial charge in [-0.15, -0.1) is 0 Å². The van der Waals surface area contributed by atoms with E-state index >= 15 is 0 Å². The Bertz CT molecular complexity index is 1430. The zero-order chi connectivity index (χ0) is 28.4. The lowest BCUT2D eigenvalue weighted by atomic mass is 9.93. The summed E-state index contributed by atoms with van der Waals surface area (Å²) in [7, 11) is 4.47. The van der Waals surface area contributed by atoms with Crippen LogP contribution in [0.25, 0.3) is 5.76 Å². The first kappa shape index (κ1) is 27.6. The van der Waals surface area contributed by atoms with Gasteiger partial charge in [0.05, 0.1) is 39.0 Å². The molecule has 0 bridgehead atoms. The van der Waals surface area contributed by atoms with Crippen LogP contribution in [0.1, 0.15) is 42.1 Å². The molecule has 0 radical (unpaired) electrons. The summed E-state index contributed by atoms with van der Waals surface area (Å²) in [6.07, 6.45) is -0.0254. The first-order chi connectivity index (χ1) is 18.6. The Labute approximate surface area is 228 Å². The lowest BCUT2D eigenvalue weighted by molar-refractivity contribution is -0.132. The number of rotatable bonds is 8. The average Bonchev–Trinajstić information content (AvgIpc) is 3.18. The third-order valence-corrected chi connectivity index (χ3v) is 6.63. The van der Waals surface area contributed by atoms with Crippen molar-refractivity contribution in [3.63, 3.8) is 0 Å². The minimum absolute atomic E-state index is 0.0254. The highest BCUT2D eigenvalue weighted by Gasteiger charge is 2.47. The van der Waals surface area contributed by atoms with E-state index in [9.17, 15) is 14.7 Å². The van der Waals surface area contributed by atoms with Gasteiger partial charge in [-0.05, 0) is 80.8 Å². The molecule has 0 spiro atoms. The number of ketones is 1. The fourth-order valence-corrected chi connectivity index (χ4v) is 4.83. The highest BCUT2D eigenvalue weighted by Crippen LogP contribution is 2.47. The molecule has 4 rings (SSSR count). The minimum Gasteiger partial charge on any atom is -0.507 e. The second kappa shape index (κ2) is 11.1. The van der Waals surface area contributed by atoms with Gasteiger partial charge in [-0.3, -0.25) is 14.5 Å². The third-order valence-electron chi connectivity index (χ3n) is 6.63. The largest absolute Gasteiger partial charge is 0.507 e. The maximum atomic E-state index is 13.6. The van der Waals surface area contributed by atoms with Crippen LogP contribution < -0.4 is 23.8 Å². The van der Waals surface area contributed by atoms with E-state index in [4.69, 9.17) is 18.9 Å². The molecule has 8 nitrogen and oxygen atoms in total. The number of aliphatic hydroxyl groups excluding tert-OH is 1. The highest BCUT2D eigenvalue weighted by atomic mass is 16.5. The molecule has 1 atom stereocenters. The Balaban J connectivity index is 1.99. The van der Waals surface area contributed by atoms with Crippen molar-refractivity contribution in [1.29, 1.82) is 0 Å². The van der Waals surface area contributed by atoms with Crippen LogP contribution in [-0.2, 0) is 9.59 Å². The summed E-state index contributed by atoms with van der Waals surface area (Å²) in [5.41, 5.74) is 2.98. The number of amides is 1. The Morgan fingerprint density at radius 1 is 0.846 bits per heavy atom. The average molecular weight is 532 g/mol. The number of ether oxygens (including phenoxy) is 4. The van der Waals surface area contributed by atoms with Gasteiger partial charge in [0.25, 0.3) is 11.7 Å². The van der Waals surface area contributed by atoms with Crippen LogP contribution in [0, 0.1) is 13.8 Å². The fourth-order valence-electron chi connectivity index (χ4n) is 4.83. The standard InChI is InChI=1S/C31H33NO7/c1-17(2)39-23-13-12-20(14-19(23)4)28(33)26-27(21-15-24(36-5)30(38-7)25(16-21)37-6)32(31(35)29(26)34)22-11-9-8-10-18(22)3/h8-17,27,33H,1-7H3/b28-26+. The van der Waals surface area contributed by atoms with Crippen molar-refractivity contribution >= 4 is 23.1 Å². The number of hydrogen-bond acceptors (Lipinski definition) is 7. The van der Waals surface area contributed by atoms with Crippen molar-refractivity contribution in [3.05, 3.63) is 82.4 Å². The van der Waals surface area contributed by atoms with Gasteiger partial charge in [0.1, 0.15) is 11.5 Å². The lowest BCUT2D eigenvalue weighted by Gasteiger charge is -2.27. The third kappa shape index (κ3) is 5.02. The van der Waals surface area contributed by atoms with E-state index in [1.54, 1.807) is 42.5 Å². The van der Waals surface area contributed by atoms with E-state index in [2.05, 4.69) is 0 Å². The zero-order valence-electron chi connectivity index (χ0n) is 23.2. The quantitative estimate of drug-likeness (QED) is 0.225. The molecule has 1 aliphatic heterocycles. The molecule has 1 amide bonds. The molecule has 1 saturated heterocycles. The number of aliphatic hydroxyl groups is 1. The summed E-state index contributed by atoms with van der Waals surface area (Å²) in [4.78, 5) is 28.6. The van der Waals surface area contributed by atoms with Crippen LogP contribution in [0.3, 0.4) is 0 Å². The molecule has 1 N–H and O–H groups in total. The van der Waals surface area contributed by atoms with Gasteiger partial charge in [0.2, 0.25) is 5.75 Å². The molecule has 1 heterocycles. The van der Waals surface area contributed by atoms with Crippen LogP contribution in [0.2, 0.25) is 0 Å². The molecule has 1 aliphatic rings. The maximum Gasteiger partial charge on any atom is 0.300 e. The van der Waals surface area contributed by atoms with E-state index in [0.717, 1.165) is 11.1 Å². The molecule has 0 saturated carbocycles. The summed E-state index contributed by atoms with van der Waals surface area (Å²) in [5.74, 6) is -0.0873. The minimum atomic E-state index is -0.966. The van der Waals surface area contributed by atoms with Gasteiger partial charge in [-0.25, -0.2) is 0 Å². The molecule has 0 aliphatic carbocycles. The van der Waals surface area contributed by atoms with Crippen LogP contribution in [0.4, 0.5) is 5.69 Å². The van der Waals surface area contributed by atoms with Crippen molar-refractivity contribution in [2.24, 2.45) is 0 Å². The monoisotopic (exact) mass is 531 g/mol. The first-order valence-electron chi connectivity index (χ1n) is 12.6. The van der Waals surface area contributed by atoms with E-state index < -0.39 is 17.7 Å². The number of methoxy groups -OCH3 is 3. The van der Waals surface area contributed by atoms with Crippen LogP contribution in [-0.4, -0.2) is 44.2 Å². The molecular formula is C31H33NO7. The van der Waals surface area contributed by atoms with Crippen LogP contribution in [0.5, 0.6) is 23.0 Å². The first-order valence-corrected chi connectivity index (χ1v) is 12.6. The van der Waals surface area contributed by atoms with Crippen LogP contribution in [0.15, 0.2) is 60.2 Å². The predicted molar refractivity (Wildman–Crippen MR) is 149 cm³/mol. The van der Waals surface area contributed by atoms with Crippen molar-refractivity contribution in [1.82, 2.24) is 0 Å². The van der Waals surface area contributed by atoms with E-state index in [1.807, 2.05) is 39.8 Å². The predicted octanol–water partition coefficient (Wildman–Crippen LogP) is 5.74. The second-order valence-corrected chi connectivity index (χ2v) is 9.56. The Morgan fingerprint density at radius 3 is 2.03 bits per heavy atom. The Hall–Kier alpha value is -4.46. The molecule has 204 valence electrons. The van der Waals surface area contributed by atoms with Crippen LogP contribution >= 0.6 is 0 Å². The second-order valence-electron chi connectivity index (χ2n) is 9.56. The zero-order valence-corrected chi connectivity index (χ0v) is 23.2. The number of carbonyl (C=O) groups is 2. The summed E-state index contributed by atoms with van der Waals surface area (Å²) >= 11 is 0. The molecule has 3 aromatic rings. The molecule has 1 unspecified atom stereocenters. The highest BCUT2D eigenvalue weighted by molar-refractivity contribution is 6.51. The number of hydrogen-bond donors (Lipinski definition) is 1. The number of carbonyl (C=O) groups excluding carboxylic acids is 2. The summed E-state index contributed by atoms with van der Waals surface area (Å²) in [5, 5.41) is 11.6. The van der Waals surface area contributed by atoms with E-state index in [-0.39, 0.29) is 17.4 Å². The van der Waals surface area contributed by atoms with Gasteiger partial charge >= 0.3 is 0 Å². The van der Waals surface area contributed by atoms with E-state index in [0.29, 0.717) is 39.8 Å². The topological polar surface area (TPSA) is 94.5 Å². The van der Waals surface area contributed by atoms with Crippen molar-refractivity contribution in [2.75, 3.05) is 26.2 Å². The number of nitrogens with zero attached hydrogens (tertiary/aromatic N) is 1. The molecule has 39 heavy (non-hydrogen) atoms. The number of aryl methyl sites for hydroxylation is 2. The van der Waals surface area contributed by atoms with Crippen molar-refractivity contribution in [2.45, 2.75) is 39.8 Å². The lowest BCUT2D eigenvalue weighted by Crippen LogP contribution is -2.30. The number of benzene rings is 3. The number of para-hydroxylation sites is 1. The molecular weight excluding hydrogens is 498 g/mol. The SMILES string of the molecule is COc1cc(C2/C(=C(\O)c3ccc(OC(C)C)c(C)c3)C(=O)C(=O)N2c2ccccc2C)cc(OC)c1OC. The Kier molecular flexibility index (Phi) is 7.85. The van der Waals surface area contributed by atoms with Gasteiger partial charge in [0.15, 0.2) is 11.5 Å². The van der Waals surface area contributed by atoms with Gasteiger partial charge in [-0.1, -0.05) is 18.2 Å². The fraction of sp³-hybridized carbons (Fsp3) is 0.290. The number of anilines is 1. The molecule has 1 fully saturated rings. The summed E-state index contributed by atoms with van der Waals surface area (Å²) in [6.45, 7) is 7.57. The normalized spacial score (nSPS) is 16.5. The molecule has 0 aromatic heterocycles. The van der Waals surface area contributed by atoms with Crippen molar-refractivity contribution < 1.29 is 33.6 Å². The van der Waals surface area contributed by atoms with Crippen molar-refractivity contribution in [3.8, 4) is 23.0 Å². The van der Waals surface area contributed by atoms with E-state index in [1.165, 1.54) is 26.2 Å². The van der Waals surface area contributed by atoms with Gasteiger partial charge in [-0.2, -0.15) is 0 Å². The maximum absolute atomic E-state index is 13.6. The summed E-state index contributed by atoms with van der Waals surface area (Å²) in [6, 6.07) is 14.8. The summed E-state index contributed by atoms with van der Waals surface area (Å²) < 4.78 is 22.4. The smallest absolute Gasteiger partial charge is 0.300 e. The van der Waals surface area contributed by atoms with Gasteiger partial charge in [0, 0.05) is 11.3 Å². The Morgan fingerprint density at radius 2 is 1.49 bits per heavy atom. The van der Waals surface area contributed by atoms with Gasteiger partial charge < -0.3 is 24.1 Å². The molecule has 3 aromatic carbocycles. The number of Topliss-reactive ketones (excluding diaryl/α,β-unsaturated/α-hetero) is 1. The molecule has 8 heteroatoms.